The van der Waals surface area contributed by atoms with Gasteiger partial charge in [0.2, 0.25) is 0 Å². The van der Waals surface area contributed by atoms with E-state index in [0.29, 0.717) is 5.69 Å². The number of carboxylic acid groups (broad SMARTS) is 1. The van der Waals surface area contributed by atoms with Gasteiger partial charge in [-0.25, -0.2) is 9.69 Å². The van der Waals surface area contributed by atoms with E-state index in [1.54, 1.807) is 18.2 Å². The molecular formula is C13H14N2O4S. The smallest absolute Gasteiger partial charge is 0.329 e. The monoisotopic (exact) mass is 294 g/mol. The van der Waals surface area contributed by atoms with Crippen molar-refractivity contribution < 1.29 is 19.5 Å². The number of carbonyl (C=O) groups excluding carboxylic acids is 2. The molecule has 20 heavy (non-hydrogen) atoms. The van der Waals surface area contributed by atoms with E-state index in [2.05, 4.69) is 5.32 Å². The number of urea groups is 1. The van der Waals surface area contributed by atoms with E-state index in [0.717, 1.165) is 9.80 Å². The van der Waals surface area contributed by atoms with Crippen molar-refractivity contribution >= 4 is 35.4 Å². The van der Waals surface area contributed by atoms with Gasteiger partial charge in [-0.15, -0.1) is 11.8 Å². The van der Waals surface area contributed by atoms with Gasteiger partial charge < -0.3 is 10.4 Å². The molecular weight excluding hydrogens is 280 g/mol. The molecule has 1 heterocycles. The van der Waals surface area contributed by atoms with Gasteiger partial charge in [-0.05, 0) is 30.9 Å². The molecule has 1 aliphatic heterocycles. The summed E-state index contributed by atoms with van der Waals surface area (Å²) < 4.78 is 0. The molecule has 7 heteroatoms. The third-order valence-electron chi connectivity index (χ3n) is 2.98. The number of thioether (sulfide) groups is 1. The van der Waals surface area contributed by atoms with Crippen LogP contribution < -0.4 is 10.2 Å². The fourth-order valence-corrected chi connectivity index (χ4v) is 2.44. The molecule has 2 N–H and O–H groups in total. The summed E-state index contributed by atoms with van der Waals surface area (Å²) in [6, 6.07) is 5.81. The van der Waals surface area contributed by atoms with E-state index in [4.69, 9.17) is 5.11 Å². The van der Waals surface area contributed by atoms with Crippen molar-refractivity contribution in [1.82, 2.24) is 5.32 Å². The van der Waals surface area contributed by atoms with E-state index >= 15 is 0 Å². The number of rotatable bonds is 5. The molecule has 0 bridgehead atoms. The quantitative estimate of drug-likeness (QED) is 0.637. The highest BCUT2D eigenvalue weighted by Gasteiger charge is 2.38. The highest BCUT2D eigenvalue weighted by atomic mass is 32.2. The summed E-state index contributed by atoms with van der Waals surface area (Å²) in [5.74, 6) is -1.40. The van der Waals surface area contributed by atoms with Crippen molar-refractivity contribution in [3.63, 3.8) is 0 Å². The average molecular weight is 294 g/mol. The summed E-state index contributed by atoms with van der Waals surface area (Å²) in [5, 5.41) is 11.1. The Bertz CT molecular complexity index is 561. The van der Waals surface area contributed by atoms with Crippen LogP contribution in [-0.2, 0) is 9.59 Å². The lowest BCUT2D eigenvalue weighted by Gasteiger charge is -2.13. The second-order valence-corrected chi connectivity index (χ2v) is 5.19. The van der Waals surface area contributed by atoms with Crippen LogP contribution in [0.3, 0.4) is 0 Å². The van der Waals surface area contributed by atoms with E-state index in [9.17, 15) is 14.4 Å². The van der Waals surface area contributed by atoms with Gasteiger partial charge in [-0.2, -0.15) is 0 Å². The Labute approximate surface area is 120 Å². The van der Waals surface area contributed by atoms with Crippen LogP contribution in [0.5, 0.6) is 0 Å². The lowest BCUT2D eigenvalue weighted by atomic mass is 10.1. The normalized spacial score (nSPS) is 18.2. The second kappa shape index (κ2) is 5.96. The van der Waals surface area contributed by atoms with Crippen LogP contribution in [0.4, 0.5) is 10.5 Å². The standard InChI is InChI=1S/C13H14N2O4S/c1-20-9-4-2-3-8(7-9)15-12(18)10(14-13(15)19)5-6-11(16)17/h2-4,7,10H,5-6H2,1H3,(H,14,19)(H,16,17)/t10-/m0/s1. The van der Waals surface area contributed by atoms with Gasteiger partial charge >= 0.3 is 12.0 Å². The van der Waals surface area contributed by atoms with Crippen LogP contribution in [0.15, 0.2) is 29.2 Å². The van der Waals surface area contributed by atoms with Gasteiger partial charge in [-0.3, -0.25) is 9.59 Å². The number of hydrogen-bond acceptors (Lipinski definition) is 4. The Balaban J connectivity index is 2.17. The van der Waals surface area contributed by atoms with E-state index in [-0.39, 0.29) is 12.8 Å². The number of nitrogens with zero attached hydrogens (tertiary/aromatic N) is 1. The molecule has 0 saturated carbocycles. The fourth-order valence-electron chi connectivity index (χ4n) is 1.99. The minimum atomic E-state index is -0.991. The number of carboxylic acids is 1. The molecule has 0 aliphatic carbocycles. The highest BCUT2D eigenvalue weighted by molar-refractivity contribution is 7.98. The summed E-state index contributed by atoms with van der Waals surface area (Å²) >= 11 is 1.51. The van der Waals surface area contributed by atoms with Gasteiger partial charge in [0.1, 0.15) is 6.04 Å². The fraction of sp³-hybridized carbons (Fsp3) is 0.308. The molecule has 3 amide bonds. The van der Waals surface area contributed by atoms with Crippen LogP contribution >= 0.6 is 11.8 Å². The molecule has 1 saturated heterocycles. The van der Waals surface area contributed by atoms with Crippen molar-refractivity contribution in [1.29, 1.82) is 0 Å². The Morgan fingerprint density at radius 3 is 2.85 bits per heavy atom. The zero-order valence-corrected chi connectivity index (χ0v) is 11.6. The van der Waals surface area contributed by atoms with Crippen molar-refractivity contribution in [2.75, 3.05) is 11.2 Å². The molecule has 0 radical (unpaired) electrons. The molecule has 1 aliphatic rings. The molecule has 6 nitrogen and oxygen atoms in total. The van der Waals surface area contributed by atoms with Gasteiger partial charge in [0.05, 0.1) is 5.69 Å². The van der Waals surface area contributed by atoms with Crippen LogP contribution in [0.1, 0.15) is 12.8 Å². The molecule has 106 valence electrons. The average Bonchev–Trinajstić information content (AvgIpc) is 2.71. The molecule has 0 spiro atoms. The number of benzene rings is 1. The predicted octanol–water partition coefficient (Wildman–Crippen LogP) is 1.70. The lowest BCUT2D eigenvalue weighted by Crippen LogP contribution is -2.31. The summed E-state index contributed by atoms with van der Waals surface area (Å²) in [6.07, 6.45) is 1.84. The maximum absolute atomic E-state index is 12.2. The summed E-state index contributed by atoms with van der Waals surface area (Å²) in [7, 11) is 0. The van der Waals surface area contributed by atoms with Crippen molar-refractivity contribution in [2.45, 2.75) is 23.8 Å². The predicted molar refractivity (Wildman–Crippen MR) is 74.9 cm³/mol. The van der Waals surface area contributed by atoms with Crippen LogP contribution in [-0.4, -0.2) is 35.3 Å². The lowest BCUT2D eigenvalue weighted by molar-refractivity contribution is -0.137. The van der Waals surface area contributed by atoms with Crippen LogP contribution in [0.25, 0.3) is 0 Å². The molecule has 1 atom stereocenters. The van der Waals surface area contributed by atoms with Crippen LogP contribution in [0.2, 0.25) is 0 Å². The maximum atomic E-state index is 12.2. The van der Waals surface area contributed by atoms with E-state index < -0.39 is 23.9 Å². The first kappa shape index (κ1) is 14.4. The Morgan fingerprint density at radius 1 is 1.45 bits per heavy atom. The maximum Gasteiger partial charge on any atom is 0.329 e. The number of anilines is 1. The van der Waals surface area contributed by atoms with Gasteiger partial charge in [0.15, 0.2) is 0 Å². The Hall–Kier alpha value is -2.02. The zero-order chi connectivity index (χ0) is 14.7. The van der Waals surface area contributed by atoms with E-state index in [1.165, 1.54) is 11.8 Å². The number of nitrogens with one attached hydrogen (secondary N) is 1. The number of imide groups is 1. The largest absolute Gasteiger partial charge is 0.481 e. The summed E-state index contributed by atoms with van der Waals surface area (Å²) in [6.45, 7) is 0. The topological polar surface area (TPSA) is 86.7 Å². The SMILES string of the molecule is CSc1cccc(N2C(=O)N[C@@H](CCC(=O)O)C2=O)c1. The highest BCUT2D eigenvalue weighted by Crippen LogP contribution is 2.25. The Kier molecular flexibility index (Phi) is 4.29. The first-order chi connectivity index (χ1) is 9.52. The summed E-state index contributed by atoms with van der Waals surface area (Å²) in [5.41, 5.74) is 0.497. The molecule has 1 fully saturated rings. The molecule has 1 aromatic carbocycles. The number of aliphatic carboxylic acids is 1. The Morgan fingerprint density at radius 2 is 2.20 bits per heavy atom. The van der Waals surface area contributed by atoms with Crippen molar-refractivity contribution in [3.05, 3.63) is 24.3 Å². The second-order valence-electron chi connectivity index (χ2n) is 4.31. The summed E-state index contributed by atoms with van der Waals surface area (Å²) in [4.78, 5) is 36.6. The minimum Gasteiger partial charge on any atom is -0.481 e. The molecule has 0 unspecified atom stereocenters. The zero-order valence-electron chi connectivity index (χ0n) is 10.8. The van der Waals surface area contributed by atoms with Crippen molar-refractivity contribution in [2.24, 2.45) is 0 Å². The molecule has 1 aromatic rings. The third-order valence-corrected chi connectivity index (χ3v) is 3.70. The van der Waals surface area contributed by atoms with E-state index in [1.807, 2.05) is 12.3 Å². The number of amides is 3. The first-order valence-electron chi connectivity index (χ1n) is 6.03. The van der Waals surface area contributed by atoms with Gasteiger partial charge in [0, 0.05) is 11.3 Å². The first-order valence-corrected chi connectivity index (χ1v) is 7.25. The number of hydrogen-bond donors (Lipinski definition) is 2. The third kappa shape index (κ3) is 2.93. The minimum absolute atomic E-state index is 0.0959. The van der Waals surface area contributed by atoms with Gasteiger partial charge in [-0.1, -0.05) is 6.07 Å². The van der Waals surface area contributed by atoms with Crippen LogP contribution in [0, 0.1) is 0 Å². The number of carbonyl (C=O) groups is 3. The van der Waals surface area contributed by atoms with Gasteiger partial charge in [0.25, 0.3) is 5.91 Å². The molecule has 0 aromatic heterocycles. The van der Waals surface area contributed by atoms with Crippen molar-refractivity contribution in [3.8, 4) is 0 Å². The molecule has 2 rings (SSSR count).